The number of ketones is 2. The summed E-state index contributed by atoms with van der Waals surface area (Å²) in [7, 11) is 0. The lowest BCUT2D eigenvalue weighted by Gasteiger charge is -2.15. The Balaban J connectivity index is 1.25. The van der Waals surface area contributed by atoms with Gasteiger partial charge in [0.15, 0.2) is 11.6 Å². The molecule has 14 heteroatoms. The van der Waals surface area contributed by atoms with Crippen LogP contribution in [0.4, 0.5) is 0 Å². The third-order valence-corrected chi connectivity index (χ3v) is 6.44. The number of benzene rings is 2. The molecule has 0 spiro atoms. The molecule has 3 rings (SSSR count). The highest BCUT2D eigenvalue weighted by molar-refractivity contribution is 6.02. The number of esters is 2. The van der Waals surface area contributed by atoms with E-state index in [0.29, 0.717) is 22.6 Å². The van der Waals surface area contributed by atoms with Crippen molar-refractivity contribution in [2.75, 3.05) is 33.0 Å². The average Bonchev–Trinajstić information content (AvgIpc) is 3.75. The molecule has 1 fully saturated rings. The van der Waals surface area contributed by atoms with Gasteiger partial charge in [0.2, 0.25) is 11.8 Å². The Morgan fingerprint density at radius 2 is 1.11 bits per heavy atom. The summed E-state index contributed by atoms with van der Waals surface area (Å²) in [6, 6.07) is 12.2. The first-order valence-electron chi connectivity index (χ1n) is 14.4. The molecule has 2 aromatic rings. The van der Waals surface area contributed by atoms with Crippen LogP contribution in [0.3, 0.4) is 0 Å². The normalized spacial score (nSPS) is 14.1. The fourth-order valence-electron chi connectivity index (χ4n) is 3.97. The largest absolute Gasteiger partial charge is 0.490 e. The van der Waals surface area contributed by atoms with Crippen molar-refractivity contribution < 1.29 is 57.9 Å². The second-order valence-corrected chi connectivity index (χ2v) is 11.4. The Kier molecular flexibility index (Phi) is 12.0. The predicted octanol–water partition coefficient (Wildman–Crippen LogP) is 1.20. The topological polar surface area (TPSA) is 195 Å². The highest BCUT2D eigenvalue weighted by Crippen LogP contribution is 2.19. The lowest BCUT2D eigenvalue weighted by molar-refractivity contribution is -0.148. The third kappa shape index (κ3) is 11.3. The Labute approximate surface area is 265 Å². The van der Waals surface area contributed by atoms with E-state index in [2.05, 4.69) is 5.32 Å². The van der Waals surface area contributed by atoms with Crippen molar-refractivity contribution in [2.45, 2.75) is 57.9 Å². The highest BCUT2D eigenvalue weighted by atomic mass is 16.6. The second kappa shape index (κ2) is 15.5. The second-order valence-electron chi connectivity index (χ2n) is 11.4. The van der Waals surface area contributed by atoms with Crippen LogP contribution in [0, 0.1) is 0 Å². The summed E-state index contributed by atoms with van der Waals surface area (Å²) < 4.78 is 20.9. The molecule has 1 aliphatic rings. The van der Waals surface area contributed by atoms with Crippen LogP contribution < -0.4 is 14.8 Å². The Morgan fingerprint density at radius 1 is 0.696 bits per heavy atom. The Bertz CT molecular complexity index is 1420. The summed E-state index contributed by atoms with van der Waals surface area (Å²) >= 11 is 0. The minimum Gasteiger partial charge on any atom is -0.490 e. The lowest BCUT2D eigenvalue weighted by Crippen LogP contribution is -2.33. The molecule has 1 saturated heterocycles. The number of Topliss-reactive ketones (excluding diaryl/α,β-unsaturated/α-hetero) is 2. The van der Waals surface area contributed by atoms with Crippen LogP contribution in [0.5, 0.6) is 11.5 Å². The number of hydrogen-bond donors (Lipinski definition) is 3. The number of amides is 2. The summed E-state index contributed by atoms with van der Waals surface area (Å²) in [4.78, 5) is 73.7. The molecule has 3 N–H and O–H groups in total. The number of rotatable bonds is 17. The minimum absolute atomic E-state index is 0.00141. The Hall–Kier alpha value is -4.82. The zero-order chi connectivity index (χ0) is 34.1. The predicted molar refractivity (Wildman–Crippen MR) is 160 cm³/mol. The van der Waals surface area contributed by atoms with E-state index in [1.807, 2.05) is 0 Å². The number of nitrogens with one attached hydrogen (secondary N) is 1. The van der Waals surface area contributed by atoms with Gasteiger partial charge in [-0.3, -0.25) is 28.8 Å². The number of carbonyl (C=O) groups excluding carboxylic acids is 6. The number of carbonyl (C=O) groups is 6. The maximum Gasteiger partial charge on any atom is 0.315 e. The molecule has 2 amide bonds. The smallest absolute Gasteiger partial charge is 0.315 e. The van der Waals surface area contributed by atoms with Crippen LogP contribution in [-0.2, 0) is 28.7 Å². The highest BCUT2D eigenvalue weighted by Gasteiger charge is 2.40. The molecule has 14 nitrogen and oxygen atoms in total. The third-order valence-electron chi connectivity index (χ3n) is 6.44. The molecule has 0 aliphatic carbocycles. The number of nitrogens with zero attached hydrogens (tertiary/aromatic N) is 1. The van der Waals surface area contributed by atoms with Gasteiger partial charge in [0, 0.05) is 11.1 Å². The van der Waals surface area contributed by atoms with Crippen LogP contribution in [-0.4, -0.2) is 101 Å². The van der Waals surface area contributed by atoms with Crippen molar-refractivity contribution in [2.24, 2.45) is 0 Å². The van der Waals surface area contributed by atoms with Gasteiger partial charge in [-0.25, -0.2) is 0 Å². The quantitative estimate of drug-likeness (QED) is 0.0735. The van der Waals surface area contributed by atoms with Crippen molar-refractivity contribution in [3.8, 4) is 11.5 Å². The standard InChI is InChI=1S/C32H38N2O12/c1-31(2,41)29(39)20-5-9-22(10-6-20)43-13-15-45-27(37)17-25(35)33-24-19-34(24)26(36)18-28(38)46-16-14-44-23-11-7-21(8-12-23)30(40)32(3,4)42/h5-12,24,41-42H,13-19H2,1-4H3,(H,33,35). The maximum atomic E-state index is 12.3. The van der Waals surface area contributed by atoms with Crippen LogP contribution in [0.1, 0.15) is 61.3 Å². The zero-order valence-corrected chi connectivity index (χ0v) is 26.1. The molecular formula is C32H38N2O12. The van der Waals surface area contributed by atoms with Crippen molar-refractivity contribution in [3.05, 3.63) is 59.7 Å². The van der Waals surface area contributed by atoms with E-state index in [4.69, 9.17) is 18.9 Å². The van der Waals surface area contributed by atoms with E-state index < -0.39 is 65.5 Å². The fraction of sp³-hybridized carbons (Fsp3) is 0.438. The van der Waals surface area contributed by atoms with Crippen LogP contribution in [0.25, 0.3) is 0 Å². The fourth-order valence-corrected chi connectivity index (χ4v) is 3.97. The molecule has 1 heterocycles. The summed E-state index contributed by atoms with van der Waals surface area (Å²) in [5, 5.41) is 22.1. The van der Waals surface area contributed by atoms with E-state index in [1.54, 1.807) is 24.3 Å². The summed E-state index contributed by atoms with van der Waals surface area (Å²) in [5.41, 5.74) is -2.35. The number of aliphatic hydroxyl groups is 2. The summed E-state index contributed by atoms with van der Waals surface area (Å²) in [5.74, 6) is -2.81. The van der Waals surface area contributed by atoms with E-state index >= 15 is 0 Å². The monoisotopic (exact) mass is 642 g/mol. The molecule has 2 aromatic carbocycles. The molecule has 0 saturated carbocycles. The van der Waals surface area contributed by atoms with Crippen molar-refractivity contribution in [3.63, 3.8) is 0 Å². The molecule has 1 aliphatic heterocycles. The number of hydrogen-bond acceptors (Lipinski definition) is 12. The first-order chi connectivity index (χ1) is 21.5. The van der Waals surface area contributed by atoms with Gasteiger partial charge in [0.05, 0.1) is 6.54 Å². The lowest BCUT2D eigenvalue weighted by atomic mass is 9.97. The molecule has 0 aromatic heterocycles. The molecular weight excluding hydrogens is 604 g/mol. The van der Waals surface area contributed by atoms with E-state index in [0.717, 1.165) is 0 Å². The van der Waals surface area contributed by atoms with Gasteiger partial charge in [-0.1, -0.05) is 0 Å². The van der Waals surface area contributed by atoms with Crippen molar-refractivity contribution in [1.29, 1.82) is 0 Å². The molecule has 0 radical (unpaired) electrons. The average molecular weight is 643 g/mol. The van der Waals surface area contributed by atoms with Gasteiger partial charge in [0.1, 0.15) is 68.1 Å². The maximum absolute atomic E-state index is 12.3. The minimum atomic E-state index is -1.50. The summed E-state index contributed by atoms with van der Waals surface area (Å²) in [6.07, 6.45) is -1.77. The molecule has 248 valence electrons. The molecule has 46 heavy (non-hydrogen) atoms. The first-order valence-corrected chi connectivity index (χ1v) is 14.4. The van der Waals surface area contributed by atoms with Gasteiger partial charge >= 0.3 is 11.9 Å². The van der Waals surface area contributed by atoms with Crippen LogP contribution in [0.2, 0.25) is 0 Å². The van der Waals surface area contributed by atoms with Gasteiger partial charge in [-0.15, -0.1) is 0 Å². The summed E-state index contributed by atoms with van der Waals surface area (Å²) in [6.45, 7) is 5.50. The molecule has 1 unspecified atom stereocenters. The van der Waals surface area contributed by atoms with E-state index in [9.17, 15) is 39.0 Å². The number of ether oxygens (including phenoxy) is 4. The first kappa shape index (κ1) is 35.7. The van der Waals surface area contributed by atoms with Crippen molar-refractivity contribution in [1.82, 2.24) is 10.2 Å². The van der Waals surface area contributed by atoms with Crippen LogP contribution in [0.15, 0.2) is 48.5 Å². The van der Waals surface area contributed by atoms with Crippen molar-refractivity contribution >= 4 is 35.3 Å². The Morgan fingerprint density at radius 3 is 1.52 bits per heavy atom. The SMILES string of the molecule is CC(C)(O)C(=O)c1ccc(OCCOC(=O)CC(=O)NC2CN2C(=O)CC(=O)OCCOc2ccc(C(=O)C(C)(C)O)cc2)cc1. The molecule has 0 bridgehead atoms. The zero-order valence-electron chi connectivity index (χ0n) is 26.1. The van der Waals surface area contributed by atoms with Gasteiger partial charge in [-0.2, -0.15) is 0 Å². The van der Waals surface area contributed by atoms with Gasteiger partial charge < -0.3 is 39.4 Å². The van der Waals surface area contributed by atoms with Gasteiger partial charge in [0.25, 0.3) is 0 Å². The molecule has 1 atom stereocenters. The van der Waals surface area contributed by atoms with E-state index in [-0.39, 0.29) is 33.0 Å². The van der Waals surface area contributed by atoms with E-state index in [1.165, 1.54) is 56.9 Å². The van der Waals surface area contributed by atoms with Crippen LogP contribution >= 0.6 is 0 Å². The van der Waals surface area contributed by atoms with Gasteiger partial charge in [-0.05, 0) is 76.2 Å².